The molecular formula is C24H29FN4O. The molecule has 0 unspecified atom stereocenters. The Morgan fingerprint density at radius 1 is 1.23 bits per heavy atom. The standard InChI is InChI=1S/C24H29FN4O/c1-17(2)11-13-28(23(30)14-19-6-3-4-7-20(19)25)16-22-27-21-8-5-12-26-24(21)29(22)15-18-9-10-18/h3-8,12,17-18H,9-11,13-16H2,1-2H3. The van der Waals surface area contributed by atoms with Crippen LogP contribution in [-0.2, 0) is 24.3 Å². The molecule has 0 saturated heterocycles. The molecule has 6 heteroatoms. The Labute approximate surface area is 176 Å². The molecule has 1 aliphatic carbocycles. The molecule has 158 valence electrons. The molecule has 1 aromatic carbocycles. The van der Waals surface area contributed by atoms with E-state index < -0.39 is 0 Å². The summed E-state index contributed by atoms with van der Waals surface area (Å²) in [5, 5.41) is 0. The van der Waals surface area contributed by atoms with Crippen LogP contribution < -0.4 is 0 Å². The minimum atomic E-state index is -0.333. The van der Waals surface area contributed by atoms with E-state index in [4.69, 9.17) is 4.98 Å². The number of halogens is 1. The van der Waals surface area contributed by atoms with Crippen LogP contribution in [0.5, 0.6) is 0 Å². The summed E-state index contributed by atoms with van der Waals surface area (Å²) in [7, 11) is 0. The first kappa shape index (κ1) is 20.5. The number of pyridine rings is 1. The van der Waals surface area contributed by atoms with Crippen molar-refractivity contribution in [1.82, 2.24) is 19.4 Å². The summed E-state index contributed by atoms with van der Waals surface area (Å²) in [5.74, 6) is 1.60. The van der Waals surface area contributed by atoms with Crippen molar-refractivity contribution in [1.29, 1.82) is 0 Å². The van der Waals surface area contributed by atoms with Gasteiger partial charge in [-0.1, -0.05) is 32.0 Å². The van der Waals surface area contributed by atoms with E-state index in [1.54, 1.807) is 24.4 Å². The van der Waals surface area contributed by atoms with Crippen LogP contribution in [0.2, 0.25) is 0 Å². The average Bonchev–Trinajstić information content (AvgIpc) is 3.48. The van der Waals surface area contributed by atoms with Gasteiger partial charge in [-0.05, 0) is 54.9 Å². The average molecular weight is 409 g/mol. The van der Waals surface area contributed by atoms with Crippen molar-refractivity contribution in [3.8, 4) is 0 Å². The molecule has 0 atom stereocenters. The molecule has 30 heavy (non-hydrogen) atoms. The molecule has 2 aromatic heterocycles. The lowest BCUT2D eigenvalue weighted by Gasteiger charge is -2.24. The fourth-order valence-electron chi connectivity index (χ4n) is 3.67. The van der Waals surface area contributed by atoms with Gasteiger partial charge in [0.1, 0.15) is 17.2 Å². The number of fused-ring (bicyclic) bond motifs is 1. The maximum atomic E-state index is 14.1. The predicted molar refractivity (Wildman–Crippen MR) is 115 cm³/mol. The maximum absolute atomic E-state index is 14.1. The highest BCUT2D eigenvalue weighted by Crippen LogP contribution is 2.32. The van der Waals surface area contributed by atoms with E-state index in [1.165, 1.54) is 18.9 Å². The lowest BCUT2D eigenvalue weighted by atomic mass is 10.1. The number of aromatic nitrogens is 3. The molecule has 0 N–H and O–H groups in total. The quantitative estimate of drug-likeness (QED) is 0.520. The molecule has 4 rings (SSSR count). The third-order valence-corrected chi connectivity index (χ3v) is 5.68. The number of rotatable bonds is 9. The molecule has 1 saturated carbocycles. The Kier molecular flexibility index (Phi) is 6.11. The number of benzene rings is 1. The van der Waals surface area contributed by atoms with Crippen LogP contribution in [0.3, 0.4) is 0 Å². The topological polar surface area (TPSA) is 51.0 Å². The van der Waals surface area contributed by atoms with Crippen molar-refractivity contribution >= 4 is 17.1 Å². The van der Waals surface area contributed by atoms with Crippen LogP contribution in [0.25, 0.3) is 11.2 Å². The molecule has 0 radical (unpaired) electrons. The molecule has 0 spiro atoms. The second-order valence-electron chi connectivity index (χ2n) is 8.69. The summed E-state index contributed by atoms with van der Waals surface area (Å²) < 4.78 is 16.3. The van der Waals surface area contributed by atoms with Crippen molar-refractivity contribution in [2.24, 2.45) is 11.8 Å². The Bertz CT molecular complexity index is 1020. The van der Waals surface area contributed by atoms with Gasteiger partial charge < -0.3 is 9.47 Å². The van der Waals surface area contributed by atoms with Gasteiger partial charge in [0.25, 0.3) is 0 Å². The highest BCUT2D eigenvalue weighted by atomic mass is 19.1. The zero-order chi connectivity index (χ0) is 21.1. The number of hydrogen-bond donors (Lipinski definition) is 0. The summed E-state index contributed by atoms with van der Waals surface area (Å²) >= 11 is 0. The Morgan fingerprint density at radius 3 is 2.77 bits per heavy atom. The number of hydrogen-bond acceptors (Lipinski definition) is 3. The van der Waals surface area contributed by atoms with Crippen LogP contribution in [0, 0.1) is 17.7 Å². The van der Waals surface area contributed by atoms with Gasteiger partial charge in [-0.25, -0.2) is 14.4 Å². The van der Waals surface area contributed by atoms with Gasteiger partial charge in [0, 0.05) is 19.3 Å². The minimum Gasteiger partial charge on any atom is -0.335 e. The van der Waals surface area contributed by atoms with Gasteiger partial charge in [-0.2, -0.15) is 0 Å². The summed E-state index contributed by atoms with van der Waals surface area (Å²) in [6, 6.07) is 10.4. The Hall–Kier alpha value is -2.76. The van der Waals surface area contributed by atoms with E-state index in [2.05, 4.69) is 23.4 Å². The predicted octanol–water partition coefficient (Wildman–Crippen LogP) is 4.60. The summed E-state index contributed by atoms with van der Waals surface area (Å²) in [6.07, 6.45) is 5.21. The number of carbonyl (C=O) groups is 1. The lowest BCUT2D eigenvalue weighted by Crippen LogP contribution is -2.34. The maximum Gasteiger partial charge on any atom is 0.227 e. The second kappa shape index (κ2) is 8.94. The Balaban J connectivity index is 1.60. The van der Waals surface area contributed by atoms with Crippen molar-refractivity contribution in [3.05, 3.63) is 59.8 Å². The van der Waals surface area contributed by atoms with Crippen molar-refractivity contribution in [2.45, 2.75) is 52.6 Å². The molecule has 1 fully saturated rings. The zero-order valence-electron chi connectivity index (χ0n) is 17.7. The lowest BCUT2D eigenvalue weighted by molar-refractivity contribution is -0.131. The first-order valence-electron chi connectivity index (χ1n) is 10.8. The monoisotopic (exact) mass is 408 g/mol. The van der Waals surface area contributed by atoms with Gasteiger partial charge in [-0.15, -0.1) is 0 Å². The number of amides is 1. The molecule has 1 amide bonds. The van der Waals surface area contributed by atoms with E-state index >= 15 is 0 Å². The molecule has 0 aliphatic heterocycles. The zero-order valence-corrected chi connectivity index (χ0v) is 17.7. The largest absolute Gasteiger partial charge is 0.335 e. The highest BCUT2D eigenvalue weighted by molar-refractivity contribution is 5.79. The fraction of sp³-hybridized carbons (Fsp3) is 0.458. The minimum absolute atomic E-state index is 0.0614. The van der Waals surface area contributed by atoms with Gasteiger partial charge in [0.15, 0.2) is 5.65 Å². The van der Waals surface area contributed by atoms with E-state index in [1.807, 2.05) is 17.0 Å². The Morgan fingerprint density at radius 2 is 2.03 bits per heavy atom. The highest BCUT2D eigenvalue weighted by Gasteiger charge is 2.26. The fourth-order valence-corrected chi connectivity index (χ4v) is 3.67. The van der Waals surface area contributed by atoms with Crippen molar-refractivity contribution < 1.29 is 9.18 Å². The van der Waals surface area contributed by atoms with E-state index in [0.29, 0.717) is 30.5 Å². The van der Waals surface area contributed by atoms with Crippen LogP contribution in [-0.4, -0.2) is 31.9 Å². The van der Waals surface area contributed by atoms with Crippen molar-refractivity contribution in [3.63, 3.8) is 0 Å². The molecule has 1 aliphatic rings. The van der Waals surface area contributed by atoms with Crippen LogP contribution in [0.1, 0.15) is 44.5 Å². The molecule has 3 aromatic rings. The molecule has 0 bridgehead atoms. The molecule has 2 heterocycles. The van der Waals surface area contributed by atoms with Crippen LogP contribution >= 0.6 is 0 Å². The normalized spacial score (nSPS) is 13.9. The van der Waals surface area contributed by atoms with Gasteiger partial charge in [0.2, 0.25) is 5.91 Å². The van der Waals surface area contributed by atoms with E-state index in [0.717, 1.165) is 30.0 Å². The summed E-state index contributed by atoms with van der Waals surface area (Å²) in [4.78, 5) is 24.3. The molecular weight excluding hydrogens is 379 g/mol. The number of imidazole rings is 1. The SMILES string of the molecule is CC(C)CCN(Cc1nc2cccnc2n1CC1CC1)C(=O)Cc1ccccc1F. The van der Waals surface area contributed by atoms with Crippen LogP contribution in [0.15, 0.2) is 42.6 Å². The van der Waals surface area contributed by atoms with E-state index in [-0.39, 0.29) is 18.1 Å². The smallest absolute Gasteiger partial charge is 0.227 e. The van der Waals surface area contributed by atoms with Crippen LogP contribution in [0.4, 0.5) is 4.39 Å². The number of nitrogens with zero attached hydrogens (tertiary/aromatic N) is 4. The second-order valence-corrected chi connectivity index (χ2v) is 8.69. The van der Waals surface area contributed by atoms with Crippen molar-refractivity contribution in [2.75, 3.05) is 6.54 Å². The first-order chi connectivity index (χ1) is 14.5. The van der Waals surface area contributed by atoms with Gasteiger partial charge >= 0.3 is 0 Å². The molecule has 5 nitrogen and oxygen atoms in total. The van der Waals surface area contributed by atoms with E-state index in [9.17, 15) is 9.18 Å². The number of carbonyl (C=O) groups excluding carboxylic acids is 1. The first-order valence-corrected chi connectivity index (χ1v) is 10.8. The third-order valence-electron chi connectivity index (χ3n) is 5.68. The summed E-state index contributed by atoms with van der Waals surface area (Å²) in [5.41, 5.74) is 2.17. The van der Waals surface area contributed by atoms with Gasteiger partial charge in [-0.3, -0.25) is 4.79 Å². The van der Waals surface area contributed by atoms with Gasteiger partial charge in [0.05, 0.1) is 13.0 Å². The third kappa shape index (κ3) is 4.86. The summed E-state index contributed by atoms with van der Waals surface area (Å²) in [6.45, 7) is 6.23.